The van der Waals surface area contributed by atoms with E-state index >= 15 is 0 Å². The molecule has 0 spiro atoms. The minimum Gasteiger partial charge on any atom is -0.321 e. The number of carbonyl (C=O) groups is 2. The molecule has 1 aromatic carbocycles. The van der Waals surface area contributed by atoms with Crippen LogP contribution in [0, 0.1) is 6.92 Å². The van der Waals surface area contributed by atoms with Crippen molar-refractivity contribution < 1.29 is 9.59 Å². The Hall–Kier alpha value is -2.95. The number of nitrogens with zero attached hydrogens (tertiary/aromatic N) is 2. The van der Waals surface area contributed by atoms with Crippen molar-refractivity contribution in [1.82, 2.24) is 9.38 Å². The number of ketones is 1. The van der Waals surface area contributed by atoms with Crippen LogP contribution in [-0.4, -0.2) is 21.1 Å². The summed E-state index contributed by atoms with van der Waals surface area (Å²) in [5.41, 5.74) is 4.44. The van der Waals surface area contributed by atoms with Crippen molar-refractivity contribution in [1.29, 1.82) is 0 Å². The molecule has 0 aliphatic rings. The molecule has 2 heterocycles. The van der Waals surface area contributed by atoms with Crippen LogP contribution in [0.1, 0.15) is 46.0 Å². The number of aromatic nitrogens is 2. The minimum atomic E-state index is -0.209. The molecular formula is C19H19N3O2. The quantitative estimate of drug-likeness (QED) is 0.746. The topological polar surface area (TPSA) is 63.5 Å². The third kappa shape index (κ3) is 2.93. The maximum Gasteiger partial charge on any atom is 0.274 e. The van der Waals surface area contributed by atoms with Gasteiger partial charge < -0.3 is 5.32 Å². The van der Waals surface area contributed by atoms with E-state index in [9.17, 15) is 9.59 Å². The first-order chi connectivity index (χ1) is 11.5. The van der Waals surface area contributed by atoms with Crippen molar-refractivity contribution in [2.45, 2.75) is 27.2 Å². The largest absolute Gasteiger partial charge is 0.321 e. The van der Waals surface area contributed by atoms with E-state index in [1.54, 1.807) is 24.3 Å². The minimum absolute atomic E-state index is 0.00157. The Morgan fingerprint density at radius 1 is 1.17 bits per heavy atom. The van der Waals surface area contributed by atoms with Gasteiger partial charge in [0, 0.05) is 17.4 Å². The van der Waals surface area contributed by atoms with Crippen molar-refractivity contribution in [2.24, 2.45) is 0 Å². The SMILES string of the molecule is CCc1nc2cc(C)ccn2c1C(=O)Nc1ccc(C(C)=O)cc1. The normalized spacial score (nSPS) is 10.8. The monoisotopic (exact) mass is 321 g/mol. The fourth-order valence-corrected chi connectivity index (χ4v) is 2.66. The molecule has 1 N–H and O–H groups in total. The molecule has 2 aromatic heterocycles. The number of imidazole rings is 1. The van der Waals surface area contributed by atoms with Crippen LogP contribution in [0.5, 0.6) is 0 Å². The first kappa shape index (κ1) is 15.9. The molecule has 0 unspecified atom stereocenters. The summed E-state index contributed by atoms with van der Waals surface area (Å²) in [6, 6.07) is 10.8. The number of benzene rings is 1. The van der Waals surface area contributed by atoms with E-state index in [0.29, 0.717) is 23.4 Å². The molecular weight excluding hydrogens is 302 g/mol. The second-order valence-corrected chi connectivity index (χ2v) is 5.78. The van der Waals surface area contributed by atoms with Crippen LogP contribution in [0.2, 0.25) is 0 Å². The maximum atomic E-state index is 12.7. The van der Waals surface area contributed by atoms with E-state index in [0.717, 1.165) is 16.9 Å². The number of rotatable bonds is 4. The number of nitrogens with one attached hydrogen (secondary N) is 1. The molecule has 122 valence electrons. The highest BCUT2D eigenvalue weighted by Gasteiger charge is 2.18. The molecule has 0 radical (unpaired) electrons. The summed E-state index contributed by atoms with van der Waals surface area (Å²) >= 11 is 0. The summed E-state index contributed by atoms with van der Waals surface area (Å²) in [6.07, 6.45) is 2.54. The predicted molar refractivity (Wildman–Crippen MR) is 93.7 cm³/mol. The first-order valence-electron chi connectivity index (χ1n) is 7.89. The van der Waals surface area contributed by atoms with E-state index < -0.39 is 0 Å². The van der Waals surface area contributed by atoms with Crippen LogP contribution in [0.15, 0.2) is 42.6 Å². The van der Waals surface area contributed by atoms with Crippen LogP contribution < -0.4 is 5.32 Å². The zero-order valence-electron chi connectivity index (χ0n) is 14.0. The number of carbonyl (C=O) groups excluding carboxylic acids is 2. The molecule has 0 atom stereocenters. The highest BCUT2D eigenvalue weighted by Crippen LogP contribution is 2.17. The second-order valence-electron chi connectivity index (χ2n) is 5.78. The van der Waals surface area contributed by atoms with Crippen molar-refractivity contribution in [3.8, 4) is 0 Å². The molecule has 3 aromatic rings. The lowest BCUT2D eigenvalue weighted by molar-refractivity contribution is 0.101. The van der Waals surface area contributed by atoms with Gasteiger partial charge >= 0.3 is 0 Å². The van der Waals surface area contributed by atoms with E-state index in [2.05, 4.69) is 10.3 Å². The molecule has 3 rings (SSSR count). The van der Waals surface area contributed by atoms with Gasteiger partial charge in [0.1, 0.15) is 11.3 Å². The van der Waals surface area contributed by atoms with Gasteiger partial charge in [-0.2, -0.15) is 0 Å². The Morgan fingerprint density at radius 2 is 1.88 bits per heavy atom. The van der Waals surface area contributed by atoms with E-state index in [-0.39, 0.29) is 11.7 Å². The van der Waals surface area contributed by atoms with Gasteiger partial charge in [0.2, 0.25) is 0 Å². The number of hydrogen-bond donors (Lipinski definition) is 1. The highest BCUT2D eigenvalue weighted by molar-refractivity contribution is 6.04. The van der Waals surface area contributed by atoms with Gasteiger partial charge in [-0.05, 0) is 62.2 Å². The fraction of sp³-hybridized carbons (Fsp3) is 0.211. The molecule has 0 bridgehead atoms. The average Bonchev–Trinajstić information content (AvgIpc) is 2.92. The summed E-state index contributed by atoms with van der Waals surface area (Å²) in [4.78, 5) is 28.6. The molecule has 0 aliphatic carbocycles. The highest BCUT2D eigenvalue weighted by atomic mass is 16.2. The molecule has 0 fully saturated rings. The van der Waals surface area contributed by atoms with Gasteiger partial charge in [0.05, 0.1) is 5.69 Å². The smallest absolute Gasteiger partial charge is 0.274 e. The third-order valence-corrected chi connectivity index (χ3v) is 3.95. The number of anilines is 1. The molecule has 5 nitrogen and oxygen atoms in total. The number of pyridine rings is 1. The lowest BCUT2D eigenvalue weighted by Gasteiger charge is -2.07. The van der Waals surface area contributed by atoms with Crippen molar-refractivity contribution >= 4 is 23.0 Å². The molecule has 5 heteroatoms. The van der Waals surface area contributed by atoms with Crippen molar-refractivity contribution in [3.63, 3.8) is 0 Å². The van der Waals surface area contributed by atoms with Crippen LogP contribution in [0.4, 0.5) is 5.69 Å². The van der Waals surface area contributed by atoms with Gasteiger partial charge in [-0.3, -0.25) is 14.0 Å². The summed E-state index contributed by atoms with van der Waals surface area (Å²) in [7, 11) is 0. The van der Waals surface area contributed by atoms with E-state index in [1.165, 1.54) is 6.92 Å². The molecule has 0 saturated carbocycles. The van der Waals surface area contributed by atoms with Crippen molar-refractivity contribution in [2.75, 3.05) is 5.32 Å². The summed E-state index contributed by atoms with van der Waals surface area (Å²) in [5.74, 6) is -0.211. The van der Waals surface area contributed by atoms with Gasteiger partial charge in [0.25, 0.3) is 5.91 Å². The van der Waals surface area contributed by atoms with Gasteiger partial charge in [-0.15, -0.1) is 0 Å². The lowest BCUT2D eigenvalue weighted by atomic mass is 10.1. The van der Waals surface area contributed by atoms with Crippen LogP contribution >= 0.6 is 0 Å². The van der Waals surface area contributed by atoms with Crippen LogP contribution in [0.25, 0.3) is 5.65 Å². The van der Waals surface area contributed by atoms with Gasteiger partial charge in [-0.1, -0.05) is 6.92 Å². The van der Waals surface area contributed by atoms with Crippen molar-refractivity contribution in [3.05, 3.63) is 65.1 Å². The predicted octanol–water partition coefficient (Wildman–Crippen LogP) is 3.66. The third-order valence-electron chi connectivity index (χ3n) is 3.95. The summed E-state index contributed by atoms with van der Waals surface area (Å²) < 4.78 is 1.81. The number of Topliss-reactive ketones (excluding diaryl/α,β-unsaturated/α-hetero) is 1. The fourth-order valence-electron chi connectivity index (χ4n) is 2.66. The van der Waals surface area contributed by atoms with E-state index in [1.807, 2.05) is 36.6 Å². The number of amides is 1. The Balaban J connectivity index is 1.94. The molecule has 0 aliphatic heterocycles. The standard InChI is InChI=1S/C19H19N3O2/c1-4-16-18(22-10-9-12(2)11-17(22)21-16)19(24)20-15-7-5-14(6-8-15)13(3)23/h5-11H,4H2,1-3H3,(H,20,24). The molecule has 1 amide bonds. The Labute approximate surface area is 140 Å². The number of aryl methyl sites for hydroxylation is 2. The summed E-state index contributed by atoms with van der Waals surface area (Å²) in [5, 5.41) is 2.88. The lowest BCUT2D eigenvalue weighted by Crippen LogP contribution is -2.16. The first-order valence-corrected chi connectivity index (χ1v) is 7.89. The number of hydrogen-bond acceptors (Lipinski definition) is 3. The number of fused-ring (bicyclic) bond motifs is 1. The van der Waals surface area contributed by atoms with Gasteiger partial charge in [0.15, 0.2) is 5.78 Å². The van der Waals surface area contributed by atoms with Gasteiger partial charge in [-0.25, -0.2) is 4.98 Å². The average molecular weight is 321 g/mol. The van der Waals surface area contributed by atoms with Crippen LogP contribution in [-0.2, 0) is 6.42 Å². The Kier molecular flexibility index (Phi) is 4.16. The Bertz CT molecular complexity index is 924. The maximum absolute atomic E-state index is 12.7. The molecule has 24 heavy (non-hydrogen) atoms. The Morgan fingerprint density at radius 3 is 2.50 bits per heavy atom. The summed E-state index contributed by atoms with van der Waals surface area (Å²) in [6.45, 7) is 5.49. The van der Waals surface area contributed by atoms with Crippen LogP contribution in [0.3, 0.4) is 0 Å². The zero-order valence-corrected chi connectivity index (χ0v) is 14.0. The second kappa shape index (κ2) is 6.28. The molecule has 0 saturated heterocycles. The van der Waals surface area contributed by atoms with E-state index in [4.69, 9.17) is 0 Å². The zero-order chi connectivity index (χ0) is 17.3.